The van der Waals surface area contributed by atoms with Crippen molar-refractivity contribution >= 4 is 11.6 Å². The highest BCUT2D eigenvalue weighted by Gasteiger charge is 2.16. The molecule has 0 aliphatic carbocycles. The molecule has 2 aliphatic heterocycles. The van der Waals surface area contributed by atoms with E-state index in [1.165, 1.54) is 18.5 Å². The molecule has 1 amide bonds. The Morgan fingerprint density at radius 3 is 2.48 bits per heavy atom. The summed E-state index contributed by atoms with van der Waals surface area (Å²) in [6, 6.07) is 8.00. The van der Waals surface area contributed by atoms with Crippen LogP contribution in [0.4, 0.5) is 5.69 Å². The molecule has 2 heterocycles. The number of nitrogens with zero attached hydrogens (tertiary/aromatic N) is 1. The van der Waals surface area contributed by atoms with E-state index in [1.54, 1.807) is 0 Å². The molecule has 0 spiro atoms. The van der Waals surface area contributed by atoms with Crippen molar-refractivity contribution in [1.29, 1.82) is 0 Å². The smallest absolute Gasteiger partial charge is 0.251 e. The summed E-state index contributed by atoms with van der Waals surface area (Å²) in [4.78, 5) is 14.5. The first kappa shape index (κ1) is 14.4. The minimum atomic E-state index is 0.0365. The Labute approximate surface area is 126 Å². The number of nitrogens with one attached hydrogen (secondary N) is 1. The number of hydrogen-bond donors (Lipinski definition) is 1. The van der Waals surface area contributed by atoms with Crippen molar-refractivity contribution in [3.05, 3.63) is 29.8 Å². The Bertz CT molecular complexity index is 460. The second-order valence-electron chi connectivity index (χ2n) is 6.01. The summed E-state index contributed by atoms with van der Waals surface area (Å²) in [5.41, 5.74) is 1.98. The van der Waals surface area contributed by atoms with Crippen LogP contribution in [0.15, 0.2) is 24.3 Å². The third-order valence-corrected chi connectivity index (χ3v) is 4.49. The van der Waals surface area contributed by atoms with Gasteiger partial charge in [0.05, 0.1) is 0 Å². The van der Waals surface area contributed by atoms with Gasteiger partial charge in [-0.2, -0.15) is 0 Å². The lowest BCUT2D eigenvalue weighted by atomic mass is 10.0. The molecule has 0 aromatic heterocycles. The lowest BCUT2D eigenvalue weighted by molar-refractivity contribution is 0.0642. The van der Waals surface area contributed by atoms with Crippen LogP contribution < -0.4 is 10.2 Å². The Morgan fingerprint density at radius 2 is 1.81 bits per heavy atom. The molecule has 4 heteroatoms. The zero-order chi connectivity index (χ0) is 14.5. The van der Waals surface area contributed by atoms with E-state index >= 15 is 0 Å². The number of anilines is 1. The fraction of sp³-hybridized carbons (Fsp3) is 0.588. The Morgan fingerprint density at radius 1 is 1.14 bits per heavy atom. The van der Waals surface area contributed by atoms with E-state index in [2.05, 4.69) is 22.3 Å². The fourth-order valence-electron chi connectivity index (χ4n) is 3.09. The maximum atomic E-state index is 12.2. The normalized spacial score (nSPS) is 19.7. The first-order valence-corrected chi connectivity index (χ1v) is 8.04. The van der Waals surface area contributed by atoms with Crippen LogP contribution in [0, 0.1) is 5.92 Å². The summed E-state index contributed by atoms with van der Waals surface area (Å²) in [6.45, 7) is 4.68. The van der Waals surface area contributed by atoms with Gasteiger partial charge in [0.25, 0.3) is 5.91 Å². The molecule has 1 aromatic carbocycles. The van der Waals surface area contributed by atoms with Gasteiger partial charge in [-0.05, 0) is 55.9 Å². The van der Waals surface area contributed by atoms with Crippen molar-refractivity contribution in [2.75, 3.05) is 37.7 Å². The minimum absolute atomic E-state index is 0.0365. The molecule has 2 saturated heterocycles. The SMILES string of the molecule is O=C(NCC1CCOCC1)c1ccc(N2CCCC2)cc1. The molecule has 0 atom stereocenters. The molecule has 1 N–H and O–H groups in total. The largest absolute Gasteiger partial charge is 0.381 e. The van der Waals surface area contributed by atoms with Crippen LogP contribution in [0.2, 0.25) is 0 Å². The van der Waals surface area contributed by atoms with Crippen LogP contribution in [0.25, 0.3) is 0 Å². The van der Waals surface area contributed by atoms with Crippen LogP contribution in [0.5, 0.6) is 0 Å². The van der Waals surface area contributed by atoms with Crippen LogP contribution in [-0.2, 0) is 4.74 Å². The predicted octanol–water partition coefficient (Wildman–Crippen LogP) is 2.44. The van der Waals surface area contributed by atoms with E-state index in [4.69, 9.17) is 4.74 Å². The van der Waals surface area contributed by atoms with Crippen molar-refractivity contribution in [2.45, 2.75) is 25.7 Å². The second kappa shape index (κ2) is 6.94. The van der Waals surface area contributed by atoms with Crippen LogP contribution in [-0.4, -0.2) is 38.8 Å². The molecule has 21 heavy (non-hydrogen) atoms. The van der Waals surface area contributed by atoms with Crippen LogP contribution in [0.3, 0.4) is 0 Å². The zero-order valence-corrected chi connectivity index (χ0v) is 12.5. The van der Waals surface area contributed by atoms with Gasteiger partial charge in [0.1, 0.15) is 0 Å². The van der Waals surface area contributed by atoms with Gasteiger partial charge in [-0.1, -0.05) is 0 Å². The summed E-state index contributed by atoms with van der Waals surface area (Å²) < 4.78 is 5.34. The molecular weight excluding hydrogens is 264 g/mol. The molecule has 0 radical (unpaired) electrons. The highest BCUT2D eigenvalue weighted by atomic mass is 16.5. The number of ether oxygens (including phenoxy) is 1. The van der Waals surface area contributed by atoms with Gasteiger partial charge in [0, 0.05) is 44.1 Å². The summed E-state index contributed by atoms with van der Waals surface area (Å²) in [5, 5.41) is 3.05. The van der Waals surface area contributed by atoms with Gasteiger partial charge in [-0.15, -0.1) is 0 Å². The minimum Gasteiger partial charge on any atom is -0.381 e. The molecule has 0 unspecified atom stereocenters. The monoisotopic (exact) mass is 288 g/mol. The number of hydrogen-bond acceptors (Lipinski definition) is 3. The van der Waals surface area contributed by atoms with Crippen molar-refractivity contribution in [3.8, 4) is 0 Å². The van der Waals surface area contributed by atoms with E-state index in [0.717, 1.165) is 51.3 Å². The first-order valence-electron chi connectivity index (χ1n) is 8.04. The Kier molecular flexibility index (Phi) is 4.76. The molecule has 0 bridgehead atoms. The summed E-state index contributed by atoms with van der Waals surface area (Å²) >= 11 is 0. The number of benzene rings is 1. The molecule has 4 nitrogen and oxygen atoms in total. The quantitative estimate of drug-likeness (QED) is 0.925. The maximum absolute atomic E-state index is 12.2. The Hall–Kier alpha value is -1.55. The van der Waals surface area contributed by atoms with Crippen molar-refractivity contribution in [2.24, 2.45) is 5.92 Å². The summed E-state index contributed by atoms with van der Waals surface area (Å²) in [6.07, 6.45) is 4.64. The van der Waals surface area contributed by atoms with Gasteiger partial charge in [-0.3, -0.25) is 4.79 Å². The summed E-state index contributed by atoms with van der Waals surface area (Å²) in [7, 11) is 0. The first-order chi connectivity index (χ1) is 10.3. The standard InChI is InChI=1S/C17H24N2O2/c20-17(18-13-14-7-11-21-12-8-14)15-3-5-16(6-4-15)19-9-1-2-10-19/h3-6,14H,1-2,7-13H2,(H,18,20). The third kappa shape index (κ3) is 3.76. The number of amides is 1. The fourth-order valence-corrected chi connectivity index (χ4v) is 3.09. The van der Waals surface area contributed by atoms with Crippen molar-refractivity contribution < 1.29 is 9.53 Å². The summed E-state index contributed by atoms with van der Waals surface area (Å²) in [5.74, 6) is 0.598. The zero-order valence-electron chi connectivity index (χ0n) is 12.5. The average molecular weight is 288 g/mol. The predicted molar refractivity (Wildman–Crippen MR) is 83.8 cm³/mol. The van der Waals surface area contributed by atoms with Gasteiger partial charge < -0.3 is 15.0 Å². The highest BCUT2D eigenvalue weighted by molar-refractivity contribution is 5.94. The molecular formula is C17H24N2O2. The highest BCUT2D eigenvalue weighted by Crippen LogP contribution is 2.20. The molecule has 2 fully saturated rings. The van der Waals surface area contributed by atoms with Gasteiger partial charge in [0.15, 0.2) is 0 Å². The molecule has 114 valence electrons. The second-order valence-corrected chi connectivity index (χ2v) is 6.01. The van der Waals surface area contributed by atoms with Crippen LogP contribution >= 0.6 is 0 Å². The molecule has 0 saturated carbocycles. The number of carbonyl (C=O) groups excluding carboxylic acids is 1. The third-order valence-electron chi connectivity index (χ3n) is 4.49. The van der Waals surface area contributed by atoms with E-state index in [1.807, 2.05) is 12.1 Å². The van der Waals surface area contributed by atoms with Gasteiger partial charge >= 0.3 is 0 Å². The van der Waals surface area contributed by atoms with E-state index in [9.17, 15) is 4.79 Å². The lowest BCUT2D eigenvalue weighted by Gasteiger charge is -2.22. The van der Waals surface area contributed by atoms with E-state index in [-0.39, 0.29) is 5.91 Å². The molecule has 3 rings (SSSR count). The lowest BCUT2D eigenvalue weighted by Crippen LogP contribution is -2.32. The molecule has 2 aliphatic rings. The van der Waals surface area contributed by atoms with Crippen LogP contribution in [0.1, 0.15) is 36.0 Å². The van der Waals surface area contributed by atoms with Crippen molar-refractivity contribution in [3.63, 3.8) is 0 Å². The average Bonchev–Trinajstić information content (AvgIpc) is 3.08. The molecule has 1 aromatic rings. The number of rotatable bonds is 4. The van der Waals surface area contributed by atoms with Crippen molar-refractivity contribution in [1.82, 2.24) is 5.32 Å². The van der Waals surface area contributed by atoms with E-state index < -0.39 is 0 Å². The van der Waals surface area contributed by atoms with Gasteiger partial charge in [0.2, 0.25) is 0 Å². The Balaban J connectivity index is 1.52. The van der Waals surface area contributed by atoms with E-state index in [0.29, 0.717) is 5.92 Å². The van der Waals surface area contributed by atoms with Gasteiger partial charge in [-0.25, -0.2) is 0 Å². The topological polar surface area (TPSA) is 41.6 Å². The number of carbonyl (C=O) groups is 1. The maximum Gasteiger partial charge on any atom is 0.251 e.